The molecule has 134 valence electrons. The van der Waals surface area contributed by atoms with Crippen LogP contribution in [0.1, 0.15) is 11.1 Å². The zero-order valence-corrected chi connectivity index (χ0v) is 15.7. The number of hydrogen-bond donors (Lipinski definition) is 1. The maximum absolute atomic E-state index is 6.33. The highest BCUT2D eigenvalue weighted by atomic mass is 35.5. The number of ether oxygens (including phenoxy) is 2. The molecule has 0 saturated carbocycles. The minimum Gasteiger partial charge on any atom is -0.497 e. The molecule has 0 saturated heterocycles. The number of anilines is 1. The SMILES string of the molecule is COc1ccc(OC)c(-c2nn(-c3ccc(C)c(Cl)c3)c3c2CCN3)c1. The van der Waals surface area contributed by atoms with Crippen LogP contribution in [-0.2, 0) is 6.42 Å². The Bertz CT molecular complexity index is 981. The lowest BCUT2D eigenvalue weighted by Crippen LogP contribution is -2.04. The summed E-state index contributed by atoms with van der Waals surface area (Å²) in [5.74, 6) is 2.55. The molecule has 0 unspecified atom stereocenters. The van der Waals surface area contributed by atoms with Gasteiger partial charge in [0.25, 0.3) is 0 Å². The van der Waals surface area contributed by atoms with Crippen LogP contribution < -0.4 is 14.8 Å². The summed E-state index contributed by atoms with van der Waals surface area (Å²) >= 11 is 6.33. The average molecular weight is 370 g/mol. The van der Waals surface area contributed by atoms with E-state index in [1.807, 2.05) is 48.0 Å². The van der Waals surface area contributed by atoms with Crippen molar-refractivity contribution in [2.24, 2.45) is 0 Å². The summed E-state index contributed by atoms with van der Waals surface area (Å²) in [4.78, 5) is 0. The zero-order chi connectivity index (χ0) is 18.3. The third-order valence-corrected chi connectivity index (χ3v) is 5.12. The van der Waals surface area contributed by atoms with Crippen molar-refractivity contribution in [1.82, 2.24) is 9.78 Å². The summed E-state index contributed by atoms with van der Waals surface area (Å²) in [6, 6.07) is 11.7. The molecule has 2 heterocycles. The van der Waals surface area contributed by atoms with Crippen molar-refractivity contribution >= 4 is 17.4 Å². The molecule has 1 aliphatic heterocycles. The van der Waals surface area contributed by atoms with Gasteiger partial charge in [0.1, 0.15) is 23.0 Å². The molecule has 0 atom stereocenters. The van der Waals surface area contributed by atoms with Crippen molar-refractivity contribution < 1.29 is 9.47 Å². The van der Waals surface area contributed by atoms with E-state index in [1.165, 1.54) is 5.56 Å². The zero-order valence-electron chi connectivity index (χ0n) is 15.0. The van der Waals surface area contributed by atoms with E-state index in [0.29, 0.717) is 0 Å². The molecule has 0 fully saturated rings. The van der Waals surface area contributed by atoms with Crippen LogP contribution in [0.15, 0.2) is 36.4 Å². The van der Waals surface area contributed by atoms with Gasteiger partial charge in [-0.05, 0) is 49.2 Å². The molecule has 2 aromatic carbocycles. The van der Waals surface area contributed by atoms with Gasteiger partial charge in [-0.15, -0.1) is 0 Å². The molecule has 1 N–H and O–H groups in total. The van der Waals surface area contributed by atoms with E-state index >= 15 is 0 Å². The second kappa shape index (κ2) is 6.57. The number of halogens is 1. The van der Waals surface area contributed by atoms with Crippen molar-refractivity contribution in [2.75, 3.05) is 26.1 Å². The number of nitrogens with zero attached hydrogens (tertiary/aromatic N) is 2. The lowest BCUT2D eigenvalue weighted by molar-refractivity contribution is 0.404. The minimum atomic E-state index is 0.727. The second-order valence-electron chi connectivity index (χ2n) is 6.26. The molecule has 0 spiro atoms. The van der Waals surface area contributed by atoms with Crippen LogP contribution in [0.5, 0.6) is 11.5 Å². The van der Waals surface area contributed by atoms with Crippen molar-refractivity contribution in [1.29, 1.82) is 0 Å². The maximum Gasteiger partial charge on any atom is 0.133 e. The maximum atomic E-state index is 6.33. The minimum absolute atomic E-state index is 0.727. The number of nitrogens with one attached hydrogen (secondary N) is 1. The summed E-state index contributed by atoms with van der Waals surface area (Å²) < 4.78 is 12.9. The Hall–Kier alpha value is -2.66. The number of aryl methyl sites for hydroxylation is 1. The Kier molecular flexibility index (Phi) is 4.24. The van der Waals surface area contributed by atoms with E-state index in [4.69, 9.17) is 26.2 Å². The van der Waals surface area contributed by atoms with Gasteiger partial charge in [0, 0.05) is 22.7 Å². The van der Waals surface area contributed by atoms with Gasteiger partial charge in [-0.1, -0.05) is 17.7 Å². The van der Waals surface area contributed by atoms with E-state index in [0.717, 1.165) is 57.8 Å². The lowest BCUT2D eigenvalue weighted by atomic mass is 10.1. The summed E-state index contributed by atoms with van der Waals surface area (Å²) in [6.45, 7) is 2.87. The van der Waals surface area contributed by atoms with Crippen molar-refractivity contribution in [2.45, 2.75) is 13.3 Å². The van der Waals surface area contributed by atoms with Crippen LogP contribution in [0.3, 0.4) is 0 Å². The fourth-order valence-corrected chi connectivity index (χ4v) is 3.47. The number of fused-ring (bicyclic) bond motifs is 1. The number of benzene rings is 2. The molecule has 3 aromatic rings. The van der Waals surface area contributed by atoms with E-state index in [-0.39, 0.29) is 0 Å². The summed E-state index contributed by atoms with van der Waals surface area (Å²) in [7, 11) is 3.32. The van der Waals surface area contributed by atoms with Crippen molar-refractivity contribution in [3.05, 3.63) is 52.5 Å². The van der Waals surface area contributed by atoms with Gasteiger partial charge in [-0.2, -0.15) is 5.10 Å². The Morgan fingerprint density at radius 2 is 1.96 bits per heavy atom. The van der Waals surface area contributed by atoms with Crippen LogP contribution in [0.2, 0.25) is 5.02 Å². The fourth-order valence-electron chi connectivity index (χ4n) is 3.29. The third kappa shape index (κ3) is 2.69. The summed E-state index contributed by atoms with van der Waals surface area (Å²) in [6.07, 6.45) is 0.907. The van der Waals surface area contributed by atoms with Crippen molar-refractivity contribution in [3.63, 3.8) is 0 Å². The number of rotatable bonds is 4. The molecule has 0 aliphatic carbocycles. The number of methoxy groups -OCH3 is 2. The normalized spacial score (nSPS) is 12.6. The van der Waals surface area contributed by atoms with Crippen molar-refractivity contribution in [3.8, 4) is 28.4 Å². The first kappa shape index (κ1) is 16.8. The van der Waals surface area contributed by atoms with Crippen LogP contribution in [0, 0.1) is 6.92 Å². The van der Waals surface area contributed by atoms with Gasteiger partial charge in [-0.25, -0.2) is 4.68 Å². The lowest BCUT2D eigenvalue weighted by Gasteiger charge is -2.10. The number of hydrogen-bond acceptors (Lipinski definition) is 4. The highest BCUT2D eigenvalue weighted by molar-refractivity contribution is 6.31. The Morgan fingerprint density at radius 1 is 1.12 bits per heavy atom. The molecular weight excluding hydrogens is 350 g/mol. The smallest absolute Gasteiger partial charge is 0.133 e. The molecular formula is C20H20ClN3O2. The topological polar surface area (TPSA) is 48.3 Å². The predicted molar refractivity (Wildman–Crippen MR) is 104 cm³/mol. The number of aromatic nitrogens is 2. The molecule has 1 aromatic heterocycles. The quantitative estimate of drug-likeness (QED) is 0.736. The molecule has 0 amide bonds. The molecule has 5 nitrogen and oxygen atoms in total. The Balaban J connectivity index is 1.91. The van der Waals surface area contributed by atoms with Gasteiger partial charge in [0.2, 0.25) is 0 Å². The Morgan fingerprint density at radius 3 is 2.69 bits per heavy atom. The van der Waals surface area contributed by atoms with Gasteiger partial charge < -0.3 is 14.8 Å². The third-order valence-electron chi connectivity index (χ3n) is 4.71. The molecule has 0 radical (unpaired) electrons. The van der Waals surface area contributed by atoms with E-state index in [2.05, 4.69) is 5.32 Å². The van der Waals surface area contributed by atoms with Gasteiger partial charge in [0.05, 0.1) is 19.9 Å². The highest BCUT2D eigenvalue weighted by Gasteiger charge is 2.26. The first-order valence-electron chi connectivity index (χ1n) is 8.47. The van der Waals surface area contributed by atoms with Crippen LogP contribution >= 0.6 is 11.6 Å². The Labute approximate surface area is 157 Å². The first-order valence-corrected chi connectivity index (χ1v) is 8.85. The standard InChI is InChI=1S/C20H20ClN3O2/c1-12-4-5-13(10-17(12)21)24-20-15(8-9-22-20)19(23-24)16-11-14(25-2)6-7-18(16)26-3/h4-7,10-11,22H,8-9H2,1-3H3. The van der Waals surface area contributed by atoms with Crippen LogP contribution in [0.25, 0.3) is 16.9 Å². The largest absolute Gasteiger partial charge is 0.497 e. The summed E-state index contributed by atoms with van der Waals surface area (Å²) in [5.41, 5.74) is 4.97. The molecule has 0 bridgehead atoms. The molecule has 26 heavy (non-hydrogen) atoms. The van der Waals surface area contributed by atoms with Crippen LogP contribution in [0.4, 0.5) is 5.82 Å². The van der Waals surface area contributed by atoms with E-state index in [1.54, 1.807) is 14.2 Å². The second-order valence-corrected chi connectivity index (χ2v) is 6.67. The van der Waals surface area contributed by atoms with Gasteiger partial charge in [-0.3, -0.25) is 0 Å². The van der Waals surface area contributed by atoms with E-state index < -0.39 is 0 Å². The first-order chi connectivity index (χ1) is 12.6. The van der Waals surface area contributed by atoms with Crippen LogP contribution in [-0.4, -0.2) is 30.5 Å². The van der Waals surface area contributed by atoms with Gasteiger partial charge in [0.15, 0.2) is 0 Å². The highest BCUT2D eigenvalue weighted by Crippen LogP contribution is 2.40. The predicted octanol–water partition coefficient (Wildman–Crippen LogP) is 4.49. The fraction of sp³-hybridized carbons (Fsp3) is 0.250. The summed E-state index contributed by atoms with van der Waals surface area (Å²) in [5, 5.41) is 9.06. The molecule has 4 rings (SSSR count). The average Bonchev–Trinajstić information content (AvgIpc) is 3.26. The van der Waals surface area contributed by atoms with Gasteiger partial charge >= 0.3 is 0 Å². The molecule has 1 aliphatic rings. The van der Waals surface area contributed by atoms with E-state index in [9.17, 15) is 0 Å². The molecule has 6 heteroatoms. The monoisotopic (exact) mass is 369 g/mol.